The second-order valence-electron chi connectivity index (χ2n) is 10.9. The van der Waals surface area contributed by atoms with Crippen molar-refractivity contribution in [3.05, 3.63) is 83.9 Å². The van der Waals surface area contributed by atoms with Gasteiger partial charge in [0.1, 0.15) is 11.5 Å². The van der Waals surface area contributed by atoms with E-state index in [1.807, 2.05) is 12.1 Å². The summed E-state index contributed by atoms with van der Waals surface area (Å²) in [5.74, 6) is -38.7. The largest absolute Gasteiger partial charge is 0.494 e. The van der Waals surface area contributed by atoms with E-state index in [9.17, 15) is 62.3 Å². The van der Waals surface area contributed by atoms with Gasteiger partial charge in [-0.05, 0) is 66.1 Å². The Labute approximate surface area is 277 Å². The molecule has 17 heteroatoms. The molecule has 0 aliphatic carbocycles. The molecular formula is C33H28F12O5. The average Bonchev–Trinajstić information content (AvgIpc) is 3.07. The highest BCUT2D eigenvalue weighted by Crippen LogP contribution is 2.58. The second-order valence-corrected chi connectivity index (χ2v) is 10.9. The Morgan fingerprint density at radius 1 is 0.600 bits per heavy atom. The molecule has 0 aliphatic heterocycles. The molecule has 5 nitrogen and oxygen atoms in total. The van der Waals surface area contributed by atoms with Gasteiger partial charge in [0.05, 0.1) is 17.7 Å². The van der Waals surface area contributed by atoms with Crippen molar-refractivity contribution in [2.75, 3.05) is 13.2 Å². The fourth-order valence-electron chi connectivity index (χ4n) is 4.19. The molecule has 0 radical (unpaired) electrons. The van der Waals surface area contributed by atoms with Crippen LogP contribution in [-0.2, 0) is 4.74 Å². The Bertz CT molecular complexity index is 1580. The summed E-state index contributed by atoms with van der Waals surface area (Å²) in [4.78, 5) is 24.6. The monoisotopic (exact) mass is 732 g/mol. The highest BCUT2D eigenvalue weighted by atomic mass is 19.4. The van der Waals surface area contributed by atoms with Crippen LogP contribution in [0.5, 0.6) is 11.5 Å². The van der Waals surface area contributed by atoms with Crippen molar-refractivity contribution in [1.29, 1.82) is 0 Å². The fourth-order valence-corrected chi connectivity index (χ4v) is 4.19. The molecular weight excluding hydrogens is 704 g/mol. The van der Waals surface area contributed by atoms with Gasteiger partial charge >= 0.3 is 48.0 Å². The summed E-state index contributed by atoms with van der Waals surface area (Å²) in [7, 11) is 0. The average molecular weight is 733 g/mol. The second kappa shape index (κ2) is 15.6. The van der Waals surface area contributed by atoms with Gasteiger partial charge in [0.2, 0.25) is 0 Å². The minimum absolute atomic E-state index is 0.0844. The van der Waals surface area contributed by atoms with Crippen LogP contribution in [-0.4, -0.2) is 61.2 Å². The first-order valence-corrected chi connectivity index (χ1v) is 14.7. The lowest BCUT2D eigenvalue weighted by Crippen LogP contribution is -2.69. The standard InChI is InChI=1S/C33H28F12O5/c1-2-3-4-5-18-48-24-14-10-21(11-15-24)20-6-8-23(9-7-20)27(47)50-25-16-12-22(13-17-25)26(46)49-19-29(36,37)31(40,41)33(44,45)32(42,43)30(38,39)28(34)35/h6-17,28H,2-5,18-19H2,1H3. The van der Waals surface area contributed by atoms with Gasteiger partial charge in [0, 0.05) is 0 Å². The van der Waals surface area contributed by atoms with E-state index < -0.39 is 60.1 Å². The third-order valence-corrected chi connectivity index (χ3v) is 7.20. The molecule has 0 spiro atoms. The highest BCUT2D eigenvalue weighted by Gasteiger charge is 2.87. The van der Waals surface area contributed by atoms with E-state index in [4.69, 9.17) is 9.47 Å². The first-order valence-electron chi connectivity index (χ1n) is 14.7. The summed E-state index contributed by atoms with van der Waals surface area (Å²) in [5.41, 5.74) is 0.946. The Balaban J connectivity index is 1.58. The van der Waals surface area contributed by atoms with Crippen LogP contribution < -0.4 is 9.47 Å². The van der Waals surface area contributed by atoms with Gasteiger partial charge in [-0.2, -0.15) is 43.9 Å². The molecule has 0 bridgehead atoms. The molecule has 0 heterocycles. The van der Waals surface area contributed by atoms with E-state index in [0.717, 1.165) is 61.1 Å². The minimum atomic E-state index is -7.74. The summed E-state index contributed by atoms with van der Waals surface area (Å²) in [6.45, 7) is -0.336. The molecule has 0 N–H and O–H groups in total. The molecule has 0 amide bonds. The molecule has 3 aromatic carbocycles. The van der Waals surface area contributed by atoms with Crippen LogP contribution in [0.2, 0.25) is 0 Å². The van der Waals surface area contributed by atoms with Gasteiger partial charge in [-0.15, -0.1) is 0 Å². The zero-order chi connectivity index (χ0) is 37.5. The number of unbranched alkanes of at least 4 members (excludes halogenated alkanes) is 3. The number of hydrogen-bond acceptors (Lipinski definition) is 5. The van der Waals surface area contributed by atoms with Crippen LogP contribution in [0, 0.1) is 0 Å². The van der Waals surface area contributed by atoms with E-state index in [-0.39, 0.29) is 11.3 Å². The van der Waals surface area contributed by atoms with Crippen LogP contribution in [0.3, 0.4) is 0 Å². The topological polar surface area (TPSA) is 61.8 Å². The number of ether oxygens (including phenoxy) is 3. The lowest BCUT2D eigenvalue weighted by atomic mass is 9.94. The number of halogens is 12. The van der Waals surface area contributed by atoms with Gasteiger partial charge in [-0.25, -0.2) is 18.4 Å². The molecule has 3 rings (SSSR count). The molecule has 0 aromatic heterocycles. The number of benzene rings is 3. The number of carbonyl (C=O) groups is 2. The number of carbonyl (C=O) groups excluding carboxylic acids is 2. The van der Waals surface area contributed by atoms with Gasteiger partial charge in [0.25, 0.3) is 0 Å². The molecule has 274 valence electrons. The highest BCUT2D eigenvalue weighted by molar-refractivity contribution is 5.92. The van der Waals surface area contributed by atoms with Crippen molar-refractivity contribution in [2.45, 2.75) is 68.6 Å². The first-order chi connectivity index (χ1) is 23.2. The Morgan fingerprint density at radius 2 is 1.08 bits per heavy atom. The maximum absolute atomic E-state index is 13.9. The van der Waals surface area contributed by atoms with Crippen molar-refractivity contribution in [1.82, 2.24) is 0 Å². The van der Waals surface area contributed by atoms with Crippen molar-refractivity contribution in [2.24, 2.45) is 0 Å². The van der Waals surface area contributed by atoms with E-state index in [1.54, 1.807) is 24.3 Å². The smallest absolute Gasteiger partial charge is 0.384 e. The van der Waals surface area contributed by atoms with Crippen molar-refractivity contribution in [3.8, 4) is 22.6 Å². The Morgan fingerprint density at radius 3 is 1.60 bits per heavy atom. The third kappa shape index (κ3) is 8.46. The molecule has 0 unspecified atom stereocenters. The SMILES string of the molecule is CCCCCCOc1ccc(-c2ccc(C(=O)Oc3ccc(C(=O)OCC(F)(F)C(F)(F)C(F)(F)C(F)(F)C(F)(F)C(F)F)cc3)cc2)cc1. The summed E-state index contributed by atoms with van der Waals surface area (Å²) in [5, 5.41) is 0. The molecule has 3 aromatic rings. The fraction of sp³-hybridized carbons (Fsp3) is 0.394. The van der Waals surface area contributed by atoms with Crippen molar-refractivity contribution in [3.63, 3.8) is 0 Å². The molecule has 50 heavy (non-hydrogen) atoms. The van der Waals surface area contributed by atoms with Gasteiger partial charge in [-0.1, -0.05) is 50.5 Å². The number of alkyl halides is 12. The minimum Gasteiger partial charge on any atom is -0.494 e. The van der Waals surface area contributed by atoms with Crippen LogP contribution in [0.4, 0.5) is 52.7 Å². The van der Waals surface area contributed by atoms with Crippen LogP contribution in [0.15, 0.2) is 72.8 Å². The summed E-state index contributed by atoms with van der Waals surface area (Å²) in [6.07, 6.45) is -1.36. The Hall–Kier alpha value is -4.44. The van der Waals surface area contributed by atoms with Gasteiger partial charge in [0.15, 0.2) is 6.61 Å². The van der Waals surface area contributed by atoms with E-state index in [2.05, 4.69) is 11.7 Å². The molecule has 0 saturated carbocycles. The predicted octanol–water partition coefficient (Wildman–Crippen LogP) is 10.1. The van der Waals surface area contributed by atoms with Gasteiger partial charge in [-0.3, -0.25) is 0 Å². The van der Waals surface area contributed by atoms with E-state index in [1.165, 1.54) is 12.1 Å². The Kier molecular flexibility index (Phi) is 12.5. The summed E-state index contributed by atoms with van der Waals surface area (Å²) < 4.78 is 174. The van der Waals surface area contributed by atoms with Gasteiger partial charge < -0.3 is 14.2 Å². The third-order valence-electron chi connectivity index (χ3n) is 7.20. The zero-order valence-electron chi connectivity index (χ0n) is 25.8. The zero-order valence-corrected chi connectivity index (χ0v) is 25.8. The molecule has 0 fully saturated rings. The van der Waals surface area contributed by atoms with Crippen LogP contribution >= 0.6 is 0 Å². The van der Waals surface area contributed by atoms with Crippen LogP contribution in [0.25, 0.3) is 11.1 Å². The molecule has 0 aliphatic rings. The lowest BCUT2D eigenvalue weighted by molar-refractivity contribution is -0.414. The van der Waals surface area contributed by atoms with Crippen molar-refractivity contribution >= 4 is 11.9 Å². The van der Waals surface area contributed by atoms with Crippen molar-refractivity contribution < 1.29 is 76.5 Å². The number of hydrogen-bond donors (Lipinski definition) is 0. The van der Waals surface area contributed by atoms with E-state index >= 15 is 0 Å². The molecule has 0 atom stereocenters. The number of esters is 2. The van der Waals surface area contributed by atoms with E-state index in [0.29, 0.717) is 12.4 Å². The normalized spacial score (nSPS) is 12.9. The molecule has 0 saturated heterocycles. The lowest BCUT2D eigenvalue weighted by Gasteiger charge is -2.38. The number of rotatable bonds is 17. The van der Waals surface area contributed by atoms with Crippen LogP contribution in [0.1, 0.15) is 53.3 Å². The quantitative estimate of drug-likeness (QED) is 0.0599. The predicted molar refractivity (Wildman–Crippen MR) is 154 cm³/mol. The maximum Gasteiger partial charge on any atom is 0.384 e. The summed E-state index contributed by atoms with van der Waals surface area (Å²) in [6, 6.07) is 16.8. The maximum atomic E-state index is 13.9. The first kappa shape index (κ1) is 40.0. The summed E-state index contributed by atoms with van der Waals surface area (Å²) >= 11 is 0.